The summed E-state index contributed by atoms with van der Waals surface area (Å²) in [6.45, 7) is 11.3. The monoisotopic (exact) mass is 400 g/mol. The SMILES string of the molecule is CCCN(CC(C)C)S(OC)(OC)N1CCC2CCC3CCCCC3C2C1. The van der Waals surface area contributed by atoms with E-state index in [0.29, 0.717) is 5.92 Å². The van der Waals surface area contributed by atoms with E-state index in [4.69, 9.17) is 8.37 Å². The topological polar surface area (TPSA) is 24.9 Å². The molecule has 3 aliphatic rings. The fourth-order valence-electron chi connectivity index (χ4n) is 6.25. The Bertz CT molecular complexity index is 458. The number of piperidine rings is 1. The van der Waals surface area contributed by atoms with Gasteiger partial charge >= 0.3 is 0 Å². The lowest BCUT2D eigenvalue weighted by Gasteiger charge is -2.59. The van der Waals surface area contributed by atoms with Gasteiger partial charge in [0.15, 0.2) is 0 Å². The number of rotatable bonds is 8. The van der Waals surface area contributed by atoms with Crippen LogP contribution in [0.25, 0.3) is 0 Å². The van der Waals surface area contributed by atoms with Gasteiger partial charge in [-0.3, -0.25) is 8.37 Å². The molecule has 0 spiro atoms. The molecule has 2 aliphatic carbocycles. The van der Waals surface area contributed by atoms with Crippen molar-refractivity contribution < 1.29 is 8.37 Å². The number of hydrogen-bond acceptors (Lipinski definition) is 4. The first-order valence-electron chi connectivity index (χ1n) is 11.5. The maximum Gasteiger partial charge on any atom is 0.0634 e. The molecule has 2 saturated carbocycles. The Balaban J connectivity index is 1.80. The van der Waals surface area contributed by atoms with Crippen molar-refractivity contribution in [1.29, 1.82) is 0 Å². The Hall–Kier alpha value is 0.190. The quantitative estimate of drug-likeness (QED) is 0.525. The maximum absolute atomic E-state index is 6.27. The van der Waals surface area contributed by atoms with Gasteiger partial charge in [0.2, 0.25) is 0 Å². The third-order valence-electron chi connectivity index (χ3n) is 7.32. The van der Waals surface area contributed by atoms with Crippen LogP contribution in [0.15, 0.2) is 0 Å². The average Bonchev–Trinajstić information content (AvgIpc) is 2.69. The second kappa shape index (κ2) is 9.80. The first kappa shape index (κ1) is 21.9. The van der Waals surface area contributed by atoms with Crippen LogP contribution >= 0.6 is 11.0 Å². The third kappa shape index (κ3) is 4.53. The molecule has 0 aromatic carbocycles. The van der Waals surface area contributed by atoms with E-state index in [1.165, 1.54) is 51.5 Å². The highest BCUT2D eigenvalue weighted by Gasteiger charge is 2.46. The number of nitrogens with zero attached hydrogens (tertiary/aromatic N) is 2. The molecule has 27 heavy (non-hydrogen) atoms. The van der Waals surface area contributed by atoms with Gasteiger partial charge in [-0.05, 0) is 61.7 Å². The molecule has 0 aromatic rings. The first-order valence-corrected chi connectivity index (χ1v) is 12.9. The summed E-state index contributed by atoms with van der Waals surface area (Å²) in [5, 5.41) is 0. The van der Waals surface area contributed by atoms with Gasteiger partial charge in [0.25, 0.3) is 0 Å². The van der Waals surface area contributed by atoms with Crippen LogP contribution in [0.1, 0.15) is 72.1 Å². The average molecular weight is 401 g/mol. The molecule has 0 N–H and O–H groups in total. The summed E-state index contributed by atoms with van der Waals surface area (Å²) in [6, 6.07) is 0. The first-order chi connectivity index (χ1) is 13.1. The van der Waals surface area contributed by atoms with E-state index in [-0.39, 0.29) is 0 Å². The summed E-state index contributed by atoms with van der Waals surface area (Å²) in [6.07, 6.45) is 11.3. The Morgan fingerprint density at radius 2 is 1.63 bits per heavy atom. The molecule has 3 fully saturated rings. The van der Waals surface area contributed by atoms with Gasteiger partial charge in [-0.2, -0.15) is 8.61 Å². The zero-order valence-electron chi connectivity index (χ0n) is 18.5. The Morgan fingerprint density at radius 3 is 2.26 bits per heavy atom. The fourth-order valence-corrected chi connectivity index (χ4v) is 9.15. The van der Waals surface area contributed by atoms with Gasteiger partial charge in [0.1, 0.15) is 0 Å². The summed E-state index contributed by atoms with van der Waals surface area (Å²) in [7, 11) is 1.95. The lowest BCUT2D eigenvalue weighted by atomic mass is 9.60. The van der Waals surface area contributed by atoms with Crippen molar-refractivity contribution in [2.24, 2.45) is 29.6 Å². The van der Waals surface area contributed by atoms with Gasteiger partial charge in [-0.1, -0.05) is 51.0 Å². The van der Waals surface area contributed by atoms with E-state index in [1.807, 2.05) is 14.2 Å². The zero-order chi connectivity index (χ0) is 19.4. The van der Waals surface area contributed by atoms with Crippen LogP contribution in [0, 0.1) is 29.6 Å². The molecule has 0 aromatic heterocycles. The second-order valence-corrected chi connectivity index (χ2v) is 12.0. The van der Waals surface area contributed by atoms with Crippen molar-refractivity contribution in [3.05, 3.63) is 0 Å². The lowest BCUT2D eigenvalue weighted by molar-refractivity contribution is 0.00976. The number of hydrogen-bond donors (Lipinski definition) is 0. The molecule has 4 unspecified atom stereocenters. The highest BCUT2D eigenvalue weighted by Crippen LogP contribution is 2.60. The summed E-state index contributed by atoms with van der Waals surface area (Å²) in [5.41, 5.74) is 0. The lowest BCUT2D eigenvalue weighted by Crippen LogP contribution is -2.52. The molecule has 3 rings (SSSR count). The third-order valence-corrected chi connectivity index (χ3v) is 10.2. The molecule has 1 heterocycles. The summed E-state index contributed by atoms with van der Waals surface area (Å²) >= 11 is 0. The van der Waals surface area contributed by atoms with Crippen LogP contribution in [0.5, 0.6) is 0 Å². The molecule has 1 aliphatic heterocycles. The van der Waals surface area contributed by atoms with Crippen LogP contribution in [0.3, 0.4) is 0 Å². The minimum absolute atomic E-state index is 0.615. The van der Waals surface area contributed by atoms with Gasteiger partial charge in [0, 0.05) is 26.2 Å². The standard InChI is InChI=1S/C22H44N2O2S/c1-6-14-23(16-18(2)3)27(25-4,26-5)24-15-13-20-12-11-19-9-7-8-10-21(19)22(20)17-24/h18-22H,6-17H2,1-5H3. The van der Waals surface area contributed by atoms with Crippen LogP contribution in [-0.2, 0) is 8.37 Å². The minimum atomic E-state index is -1.79. The highest BCUT2D eigenvalue weighted by molar-refractivity contribution is 8.21. The minimum Gasteiger partial charge on any atom is -0.260 e. The Morgan fingerprint density at radius 1 is 0.963 bits per heavy atom. The predicted octanol–water partition coefficient (Wildman–Crippen LogP) is 5.65. The Labute approximate surface area is 170 Å². The van der Waals surface area contributed by atoms with E-state index in [0.717, 1.165) is 49.7 Å². The Kier molecular flexibility index (Phi) is 7.94. The molecule has 5 heteroatoms. The van der Waals surface area contributed by atoms with Crippen molar-refractivity contribution in [1.82, 2.24) is 8.61 Å². The van der Waals surface area contributed by atoms with Gasteiger partial charge in [-0.25, -0.2) is 0 Å². The summed E-state index contributed by atoms with van der Waals surface area (Å²) in [4.78, 5) is 0. The molecule has 4 atom stereocenters. The molecule has 1 saturated heterocycles. The maximum atomic E-state index is 6.27. The second-order valence-electron chi connectivity index (χ2n) is 9.45. The van der Waals surface area contributed by atoms with E-state index in [2.05, 4.69) is 29.4 Å². The molecule has 0 amide bonds. The zero-order valence-corrected chi connectivity index (χ0v) is 19.3. The molecule has 0 radical (unpaired) electrons. The normalized spacial score (nSPS) is 33.1. The van der Waals surface area contributed by atoms with Gasteiger partial charge in [0.05, 0.1) is 14.2 Å². The molecular weight excluding hydrogens is 356 g/mol. The smallest absolute Gasteiger partial charge is 0.0634 e. The molecule has 160 valence electrons. The van der Waals surface area contributed by atoms with E-state index >= 15 is 0 Å². The molecule has 0 bridgehead atoms. The molecule has 4 nitrogen and oxygen atoms in total. The van der Waals surface area contributed by atoms with Crippen LogP contribution in [0.2, 0.25) is 0 Å². The van der Waals surface area contributed by atoms with Crippen molar-refractivity contribution in [2.75, 3.05) is 40.4 Å². The van der Waals surface area contributed by atoms with Crippen molar-refractivity contribution in [2.45, 2.75) is 72.1 Å². The highest BCUT2D eigenvalue weighted by atomic mass is 32.3. The van der Waals surface area contributed by atoms with Crippen molar-refractivity contribution in [3.63, 3.8) is 0 Å². The van der Waals surface area contributed by atoms with Crippen molar-refractivity contribution >= 4 is 11.0 Å². The van der Waals surface area contributed by atoms with E-state index in [9.17, 15) is 0 Å². The van der Waals surface area contributed by atoms with Crippen LogP contribution in [-0.4, -0.2) is 49.0 Å². The van der Waals surface area contributed by atoms with Gasteiger partial charge in [-0.15, -0.1) is 0 Å². The van der Waals surface area contributed by atoms with E-state index < -0.39 is 11.0 Å². The van der Waals surface area contributed by atoms with E-state index in [1.54, 1.807) is 0 Å². The van der Waals surface area contributed by atoms with Crippen molar-refractivity contribution in [3.8, 4) is 0 Å². The summed E-state index contributed by atoms with van der Waals surface area (Å²) < 4.78 is 17.7. The largest absolute Gasteiger partial charge is 0.260 e. The number of fused-ring (bicyclic) bond motifs is 3. The van der Waals surface area contributed by atoms with Crippen LogP contribution in [0.4, 0.5) is 0 Å². The summed E-state index contributed by atoms with van der Waals surface area (Å²) in [5.74, 6) is 4.37. The van der Waals surface area contributed by atoms with Gasteiger partial charge < -0.3 is 0 Å². The fraction of sp³-hybridized carbons (Fsp3) is 1.00. The molecular formula is C22H44N2O2S. The predicted molar refractivity (Wildman–Crippen MR) is 116 cm³/mol. The van der Waals surface area contributed by atoms with Crippen LogP contribution < -0.4 is 0 Å².